The number of likely N-dealkylation sites (N-methyl/N-ethyl adjacent to an activating group) is 1. The number of amides is 2. The Labute approximate surface area is 123 Å². The van der Waals surface area contributed by atoms with Crippen molar-refractivity contribution in [2.75, 3.05) is 32.0 Å². The summed E-state index contributed by atoms with van der Waals surface area (Å²) >= 11 is 7.47. The molecule has 4 nitrogen and oxygen atoms in total. The van der Waals surface area contributed by atoms with Crippen LogP contribution in [0.2, 0.25) is 5.02 Å². The van der Waals surface area contributed by atoms with Crippen LogP contribution in [0.1, 0.15) is 6.92 Å². The molecule has 0 bridgehead atoms. The molecule has 6 heteroatoms. The summed E-state index contributed by atoms with van der Waals surface area (Å²) in [5, 5.41) is 12.4. The van der Waals surface area contributed by atoms with Gasteiger partial charge in [0.25, 0.3) is 0 Å². The van der Waals surface area contributed by atoms with Crippen molar-refractivity contribution in [3.63, 3.8) is 0 Å². The molecule has 0 fully saturated rings. The van der Waals surface area contributed by atoms with Gasteiger partial charge in [-0.3, -0.25) is 0 Å². The first-order chi connectivity index (χ1) is 9.17. The molecule has 0 aliphatic rings. The van der Waals surface area contributed by atoms with Crippen LogP contribution in [0.25, 0.3) is 0 Å². The Morgan fingerprint density at radius 1 is 1.42 bits per heavy atom. The quantitative estimate of drug-likeness (QED) is 0.601. The summed E-state index contributed by atoms with van der Waals surface area (Å²) in [6.45, 7) is 3.43. The highest BCUT2D eigenvalue weighted by Crippen LogP contribution is 2.19. The van der Waals surface area contributed by atoms with E-state index in [2.05, 4.69) is 5.32 Å². The van der Waals surface area contributed by atoms with E-state index in [0.29, 0.717) is 19.6 Å². The number of aliphatic hydroxyl groups is 1. The van der Waals surface area contributed by atoms with Crippen LogP contribution in [0, 0.1) is 0 Å². The number of halogens is 1. The number of thioether (sulfide) groups is 1. The lowest BCUT2D eigenvalue weighted by molar-refractivity contribution is 0.181. The predicted octanol–water partition coefficient (Wildman–Crippen LogP) is 2.46. The standard InChI is InChI=1S/C13H19ClN2O2S/c1-2-16(8-9-17)13(18)15-7-10-19-12-5-3-11(14)4-6-12/h3-6,17H,2,7-10H2,1H3,(H,15,18). The zero-order chi connectivity index (χ0) is 14.1. The van der Waals surface area contributed by atoms with Crippen LogP contribution < -0.4 is 5.32 Å². The third-order valence-corrected chi connectivity index (χ3v) is 3.77. The lowest BCUT2D eigenvalue weighted by Gasteiger charge is -2.20. The van der Waals surface area contributed by atoms with Crippen molar-refractivity contribution < 1.29 is 9.90 Å². The molecule has 0 aromatic heterocycles. The Morgan fingerprint density at radius 3 is 2.68 bits per heavy atom. The summed E-state index contributed by atoms with van der Waals surface area (Å²) < 4.78 is 0. The molecule has 1 aromatic carbocycles. The lowest BCUT2D eigenvalue weighted by atomic mass is 10.4. The van der Waals surface area contributed by atoms with Crippen molar-refractivity contribution in [1.82, 2.24) is 10.2 Å². The molecule has 0 radical (unpaired) electrons. The third-order valence-electron chi connectivity index (χ3n) is 2.50. The van der Waals surface area contributed by atoms with Crippen molar-refractivity contribution in [3.8, 4) is 0 Å². The fraction of sp³-hybridized carbons (Fsp3) is 0.462. The van der Waals surface area contributed by atoms with Gasteiger partial charge in [0.15, 0.2) is 0 Å². The molecule has 1 aromatic rings. The SMILES string of the molecule is CCN(CCO)C(=O)NCCSc1ccc(Cl)cc1. The molecule has 2 N–H and O–H groups in total. The van der Waals surface area contributed by atoms with E-state index in [-0.39, 0.29) is 12.6 Å². The van der Waals surface area contributed by atoms with Gasteiger partial charge in [0, 0.05) is 35.3 Å². The number of rotatable bonds is 7. The smallest absolute Gasteiger partial charge is 0.317 e. The topological polar surface area (TPSA) is 52.6 Å². The summed E-state index contributed by atoms with van der Waals surface area (Å²) in [6, 6.07) is 7.48. The van der Waals surface area contributed by atoms with E-state index in [1.54, 1.807) is 16.7 Å². The van der Waals surface area contributed by atoms with E-state index in [1.807, 2.05) is 31.2 Å². The maximum atomic E-state index is 11.7. The van der Waals surface area contributed by atoms with Crippen LogP contribution in [0.15, 0.2) is 29.2 Å². The Kier molecular flexibility index (Phi) is 7.70. The zero-order valence-electron chi connectivity index (χ0n) is 10.9. The van der Waals surface area contributed by atoms with E-state index in [4.69, 9.17) is 16.7 Å². The van der Waals surface area contributed by atoms with E-state index in [9.17, 15) is 4.79 Å². The number of benzene rings is 1. The van der Waals surface area contributed by atoms with Gasteiger partial charge < -0.3 is 15.3 Å². The largest absolute Gasteiger partial charge is 0.395 e. The number of hydrogen-bond acceptors (Lipinski definition) is 3. The number of hydrogen-bond donors (Lipinski definition) is 2. The zero-order valence-corrected chi connectivity index (χ0v) is 12.5. The van der Waals surface area contributed by atoms with Crippen LogP contribution in [0.4, 0.5) is 4.79 Å². The van der Waals surface area contributed by atoms with E-state index < -0.39 is 0 Å². The molecule has 0 saturated heterocycles. The van der Waals surface area contributed by atoms with Crippen LogP contribution in [-0.4, -0.2) is 48.0 Å². The summed E-state index contributed by atoms with van der Waals surface area (Å²) in [5.41, 5.74) is 0. The first-order valence-corrected chi connectivity index (χ1v) is 7.55. The van der Waals surface area contributed by atoms with Crippen molar-refractivity contribution in [3.05, 3.63) is 29.3 Å². The molecule has 0 aliphatic heterocycles. The van der Waals surface area contributed by atoms with Gasteiger partial charge in [-0.25, -0.2) is 4.79 Å². The van der Waals surface area contributed by atoms with E-state index in [1.165, 1.54) is 0 Å². The van der Waals surface area contributed by atoms with Crippen LogP contribution in [0.3, 0.4) is 0 Å². The second kappa shape index (κ2) is 9.07. The highest BCUT2D eigenvalue weighted by Gasteiger charge is 2.09. The summed E-state index contributed by atoms with van der Waals surface area (Å²) in [6.07, 6.45) is 0. The molecular weight excluding hydrogens is 284 g/mol. The molecule has 19 heavy (non-hydrogen) atoms. The minimum Gasteiger partial charge on any atom is -0.395 e. The van der Waals surface area contributed by atoms with Crippen LogP contribution >= 0.6 is 23.4 Å². The monoisotopic (exact) mass is 302 g/mol. The molecule has 0 heterocycles. The lowest BCUT2D eigenvalue weighted by Crippen LogP contribution is -2.42. The van der Waals surface area contributed by atoms with Gasteiger partial charge in [-0.1, -0.05) is 11.6 Å². The Hall–Kier alpha value is -0.910. The number of nitrogens with one attached hydrogen (secondary N) is 1. The number of carbonyl (C=O) groups excluding carboxylic acids is 1. The minimum atomic E-state index is -0.131. The molecular formula is C13H19ClN2O2S. The van der Waals surface area contributed by atoms with Gasteiger partial charge in [-0.15, -0.1) is 11.8 Å². The van der Waals surface area contributed by atoms with Crippen molar-refractivity contribution in [2.45, 2.75) is 11.8 Å². The number of nitrogens with zero attached hydrogens (tertiary/aromatic N) is 1. The molecule has 2 amide bonds. The van der Waals surface area contributed by atoms with Crippen LogP contribution in [-0.2, 0) is 0 Å². The van der Waals surface area contributed by atoms with Gasteiger partial charge >= 0.3 is 6.03 Å². The highest BCUT2D eigenvalue weighted by molar-refractivity contribution is 7.99. The van der Waals surface area contributed by atoms with Gasteiger partial charge in [0.05, 0.1) is 6.61 Å². The second-order valence-electron chi connectivity index (χ2n) is 3.84. The minimum absolute atomic E-state index is 0.0131. The summed E-state index contributed by atoms with van der Waals surface area (Å²) in [5.74, 6) is 0.796. The average molecular weight is 303 g/mol. The fourth-order valence-electron chi connectivity index (χ4n) is 1.49. The first kappa shape index (κ1) is 16.1. The molecule has 0 atom stereocenters. The summed E-state index contributed by atoms with van der Waals surface area (Å²) in [4.78, 5) is 14.4. The molecule has 0 spiro atoms. The number of aliphatic hydroxyl groups excluding tert-OH is 1. The van der Waals surface area contributed by atoms with Crippen molar-refractivity contribution >= 4 is 29.4 Å². The second-order valence-corrected chi connectivity index (χ2v) is 5.44. The predicted molar refractivity (Wildman–Crippen MR) is 79.9 cm³/mol. The first-order valence-electron chi connectivity index (χ1n) is 6.19. The Balaban J connectivity index is 2.23. The summed E-state index contributed by atoms with van der Waals surface area (Å²) in [7, 11) is 0. The normalized spacial score (nSPS) is 10.3. The maximum absolute atomic E-state index is 11.7. The molecule has 1 rings (SSSR count). The maximum Gasteiger partial charge on any atom is 0.317 e. The van der Waals surface area contributed by atoms with Crippen molar-refractivity contribution in [1.29, 1.82) is 0 Å². The van der Waals surface area contributed by atoms with Crippen molar-refractivity contribution in [2.24, 2.45) is 0 Å². The van der Waals surface area contributed by atoms with Gasteiger partial charge in [0.1, 0.15) is 0 Å². The number of carbonyl (C=O) groups is 1. The van der Waals surface area contributed by atoms with Gasteiger partial charge in [-0.2, -0.15) is 0 Å². The molecule has 0 aliphatic carbocycles. The highest BCUT2D eigenvalue weighted by atomic mass is 35.5. The van der Waals surface area contributed by atoms with Crippen LogP contribution in [0.5, 0.6) is 0 Å². The Morgan fingerprint density at radius 2 is 2.11 bits per heavy atom. The third kappa shape index (κ3) is 6.18. The van der Waals surface area contributed by atoms with Gasteiger partial charge in [-0.05, 0) is 31.2 Å². The molecule has 106 valence electrons. The van der Waals surface area contributed by atoms with E-state index in [0.717, 1.165) is 15.7 Å². The fourth-order valence-corrected chi connectivity index (χ4v) is 2.39. The Bertz CT molecular complexity index is 387. The average Bonchev–Trinajstić information content (AvgIpc) is 2.42. The molecule has 0 saturated carbocycles. The molecule has 0 unspecified atom stereocenters. The van der Waals surface area contributed by atoms with E-state index >= 15 is 0 Å². The van der Waals surface area contributed by atoms with Gasteiger partial charge in [0.2, 0.25) is 0 Å². The number of urea groups is 1.